The van der Waals surface area contributed by atoms with Gasteiger partial charge >= 0.3 is 0 Å². The number of ether oxygens (including phenoxy) is 1. The van der Waals surface area contributed by atoms with Crippen LogP contribution < -0.4 is 10.9 Å². The third kappa shape index (κ3) is 4.68. The maximum Gasteiger partial charge on any atom is 0.267 e. The molecule has 0 radical (unpaired) electrons. The topological polar surface area (TPSA) is 130 Å². The molecule has 0 aliphatic carbocycles. The number of nitrogens with zero attached hydrogens (tertiary/aromatic N) is 5. The molecule has 2 fully saturated rings. The van der Waals surface area contributed by atoms with Gasteiger partial charge in [-0.15, -0.1) is 0 Å². The molecule has 2 amide bonds. The van der Waals surface area contributed by atoms with E-state index in [-0.39, 0.29) is 45.8 Å². The molecule has 1 N–H and O–H groups in total. The Kier molecular flexibility index (Phi) is 6.22. The van der Waals surface area contributed by atoms with Gasteiger partial charge < -0.3 is 15.0 Å². The highest BCUT2D eigenvalue weighted by Gasteiger charge is 2.41. The third-order valence-electron chi connectivity index (χ3n) is 5.99. The molecule has 5 rings (SSSR count). The summed E-state index contributed by atoms with van der Waals surface area (Å²) in [5, 5.41) is 16.0. The molecule has 0 saturated carbocycles. The minimum Gasteiger partial charge on any atom is -0.374 e. The molecule has 2 aromatic heterocycles. The Labute approximate surface area is 208 Å². The van der Waals surface area contributed by atoms with E-state index >= 15 is 0 Å². The van der Waals surface area contributed by atoms with Crippen molar-refractivity contribution in [1.82, 2.24) is 19.7 Å². The summed E-state index contributed by atoms with van der Waals surface area (Å²) in [6.07, 6.45) is 0.788. The zero-order chi connectivity index (χ0) is 25.4. The van der Waals surface area contributed by atoms with Crippen molar-refractivity contribution in [1.29, 1.82) is 5.26 Å². The Balaban J connectivity index is 1.34. The summed E-state index contributed by atoms with van der Waals surface area (Å²) in [5.41, 5.74) is 0.257. The van der Waals surface area contributed by atoms with Crippen molar-refractivity contribution in [3.05, 3.63) is 74.9 Å². The van der Waals surface area contributed by atoms with Crippen molar-refractivity contribution < 1.29 is 18.7 Å². The first-order valence-electron chi connectivity index (χ1n) is 11.0. The van der Waals surface area contributed by atoms with E-state index in [1.165, 1.54) is 42.5 Å². The molecule has 2 aliphatic heterocycles. The predicted molar refractivity (Wildman–Crippen MR) is 126 cm³/mol. The number of amides is 2. The van der Waals surface area contributed by atoms with Crippen molar-refractivity contribution in [3.8, 4) is 17.3 Å². The fraction of sp³-hybridized carbons (Fsp3) is 0.250. The standard InChI is InChI=1S/C24H18ClFN6O4/c25-18-2-1-13(6-19(18)26)20-3-4-23(34)32(30-20)11-22(33)29-21-7-14(5-15(9-27)28-21)24(35)31-10-17-8-16(31)12-36-17/h1-7,16-17H,8,10-12H2,(H,28,29,33)/t16?,17-/m0/s1. The lowest BCUT2D eigenvalue weighted by molar-refractivity contribution is -0.117. The number of fused-ring (bicyclic) bond motifs is 2. The van der Waals surface area contributed by atoms with Gasteiger partial charge in [0.2, 0.25) is 5.91 Å². The molecule has 0 spiro atoms. The highest BCUT2D eigenvalue weighted by atomic mass is 35.5. The summed E-state index contributed by atoms with van der Waals surface area (Å²) in [6.45, 7) is 0.467. The van der Waals surface area contributed by atoms with Crippen LogP contribution in [-0.4, -0.2) is 56.8 Å². The van der Waals surface area contributed by atoms with Crippen molar-refractivity contribution in [3.63, 3.8) is 0 Å². The zero-order valence-corrected chi connectivity index (χ0v) is 19.4. The predicted octanol–water partition coefficient (Wildman–Crippen LogP) is 2.22. The van der Waals surface area contributed by atoms with Crippen molar-refractivity contribution in [2.75, 3.05) is 18.5 Å². The molecule has 2 atom stereocenters. The number of rotatable bonds is 5. The molecule has 10 nitrogen and oxygen atoms in total. The number of morpholine rings is 1. The van der Waals surface area contributed by atoms with E-state index in [0.717, 1.165) is 11.1 Å². The Morgan fingerprint density at radius 2 is 2.08 bits per heavy atom. The van der Waals surface area contributed by atoms with E-state index in [9.17, 15) is 24.0 Å². The molecule has 1 unspecified atom stereocenters. The van der Waals surface area contributed by atoms with Gasteiger partial charge in [0.1, 0.15) is 29.9 Å². The summed E-state index contributed by atoms with van der Waals surface area (Å²) in [6, 6.07) is 11.3. The molecule has 182 valence electrons. The summed E-state index contributed by atoms with van der Waals surface area (Å²) < 4.78 is 20.3. The molecule has 2 saturated heterocycles. The molecule has 12 heteroatoms. The number of hydrogen-bond donors (Lipinski definition) is 1. The van der Waals surface area contributed by atoms with Gasteiger partial charge in [0.05, 0.1) is 29.5 Å². The van der Waals surface area contributed by atoms with Crippen LogP contribution in [0.4, 0.5) is 10.2 Å². The van der Waals surface area contributed by atoms with Crippen LogP contribution in [-0.2, 0) is 16.1 Å². The third-order valence-corrected chi connectivity index (χ3v) is 6.30. The normalized spacial score (nSPS) is 18.2. The number of nitriles is 1. The molecule has 2 bridgehead atoms. The molecule has 3 aromatic rings. The zero-order valence-electron chi connectivity index (χ0n) is 18.6. The second-order valence-corrected chi connectivity index (χ2v) is 8.84. The van der Waals surface area contributed by atoms with E-state index in [0.29, 0.717) is 18.7 Å². The number of carbonyl (C=O) groups is 2. The lowest BCUT2D eigenvalue weighted by Gasteiger charge is -2.27. The number of aromatic nitrogens is 3. The highest BCUT2D eigenvalue weighted by molar-refractivity contribution is 6.30. The van der Waals surface area contributed by atoms with Crippen LogP contribution in [0.2, 0.25) is 5.02 Å². The van der Waals surface area contributed by atoms with Crippen LogP contribution in [0.3, 0.4) is 0 Å². The van der Waals surface area contributed by atoms with Gasteiger partial charge in [0.25, 0.3) is 11.5 Å². The van der Waals surface area contributed by atoms with Gasteiger partial charge in [-0.2, -0.15) is 10.4 Å². The smallest absolute Gasteiger partial charge is 0.267 e. The van der Waals surface area contributed by atoms with Gasteiger partial charge in [-0.25, -0.2) is 14.1 Å². The summed E-state index contributed by atoms with van der Waals surface area (Å²) in [7, 11) is 0. The average molecular weight is 509 g/mol. The first-order chi connectivity index (χ1) is 17.3. The Morgan fingerprint density at radius 1 is 1.25 bits per heavy atom. The van der Waals surface area contributed by atoms with Crippen molar-refractivity contribution in [2.24, 2.45) is 0 Å². The Bertz CT molecular complexity index is 1490. The van der Waals surface area contributed by atoms with E-state index in [4.69, 9.17) is 16.3 Å². The number of pyridine rings is 1. The fourth-order valence-corrected chi connectivity index (χ4v) is 4.40. The largest absolute Gasteiger partial charge is 0.374 e. The summed E-state index contributed by atoms with van der Waals surface area (Å²) in [5.74, 6) is -1.58. The van der Waals surface area contributed by atoms with Gasteiger partial charge in [0.15, 0.2) is 0 Å². The van der Waals surface area contributed by atoms with Gasteiger partial charge in [0, 0.05) is 23.7 Å². The van der Waals surface area contributed by atoms with Gasteiger partial charge in [-0.1, -0.05) is 17.7 Å². The minimum absolute atomic E-state index is 0.00742. The molecule has 2 aliphatic rings. The fourth-order valence-electron chi connectivity index (χ4n) is 4.28. The van der Waals surface area contributed by atoms with E-state index < -0.39 is 23.8 Å². The monoisotopic (exact) mass is 508 g/mol. The number of benzene rings is 1. The number of anilines is 1. The van der Waals surface area contributed by atoms with Crippen LogP contribution in [0.1, 0.15) is 22.5 Å². The van der Waals surface area contributed by atoms with Crippen LogP contribution >= 0.6 is 11.6 Å². The lowest BCUT2D eigenvalue weighted by Crippen LogP contribution is -2.41. The quantitative estimate of drug-likeness (QED) is 0.559. The average Bonchev–Trinajstić information content (AvgIpc) is 3.50. The molecule has 4 heterocycles. The molecular formula is C24H18ClFN6O4. The number of carbonyl (C=O) groups excluding carboxylic acids is 2. The maximum absolute atomic E-state index is 13.8. The lowest BCUT2D eigenvalue weighted by atomic mass is 10.1. The van der Waals surface area contributed by atoms with Crippen molar-refractivity contribution >= 4 is 29.2 Å². The summed E-state index contributed by atoms with van der Waals surface area (Å²) in [4.78, 5) is 43.7. The first-order valence-corrected chi connectivity index (χ1v) is 11.4. The Hall–Kier alpha value is -4.14. The van der Waals surface area contributed by atoms with E-state index in [1.807, 2.05) is 6.07 Å². The van der Waals surface area contributed by atoms with Crippen LogP contribution in [0.25, 0.3) is 11.3 Å². The first kappa shape index (κ1) is 23.6. The molecule has 36 heavy (non-hydrogen) atoms. The maximum atomic E-state index is 13.8. The van der Waals surface area contributed by atoms with E-state index in [1.54, 1.807) is 4.90 Å². The number of nitrogens with one attached hydrogen (secondary N) is 1. The van der Waals surface area contributed by atoms with Crippen molar-refractivity contribution in [2.45, 2.75) is 25.1 Å². The van der Waals surface area contributed by atoms with Crippen LogP contribution in [0.5, 0.6) is 0 Å². The van der Waals surface area contributed by atoms with Crippen LogP contribution in [0.15, 0.2) is 47.3 Å². The minimum atomic E-state index is -0.654. The van der Waals surface area contributed by atoms with Gasteiger partial charge in [-0.3, -0.25) is 14.4 Å². The number of halogens is 2. The number of likely N-dealkylation sites (tertiary alicyclic amines) is 1. The second kappa shape index (κ2) is 9.49. The summed E-state index contributed by atoms with van der Waals surface area (Å²) >= 11 is 5.72. The SMILES string of the molecule is N#Cc1cc(C(=O)N2C[C@@H]3CC2CO3)cc(NC(=O)Cn2nc(-c3ccc(Cl)c(F)c3)ccc2=O)n1. The number of hydrogen-bond acceptors (Lipinski definition) is 7. The van der Waals surface area contributed by atoms with Gasteiger partial charge in [-0.05, 0) is 36.8 Å². The van der Waals surface area contributed by atoms with E-state index in [2.05, 4.69) is 15.4 Å². The van der Waals surface area contributed by atoms with Crippen LogP contribution in [0, 0.1) is 17.1 Å². The molecule has 1 aromatic carbocycles. The Morgan fingerprint density at radius 3 is 2.78 bits per heavy atom. The highest BCUT2D eigenvalue weighted by Crippen LogP contribution is 2.29. The second-order valence-electron chi connectivity index (χ2n) is 8.43. The molecular weight excluding hydrogens is 491 g/mol.